The van der Waals surface area contributed by atoms with Crippen molar-refractivity contribution >= 4 is 11.5 Å². The Kier molecular flexibility index (Phi) is 6.41. The van der Waals surface area contributed by atoms with Crippen molar-refractivity contribution in [3.63, 3.8) is 0 Å². The third-order valence-electron chi connectivity index (χ3n) is 4.45. The standard InChI is InChI=1S/C18H30N2O/c1-7-9-14-18(8-2,20(5)6)17(21)15-10-12-16(13-11-15)19(3)4/h10-13H,7-9,14H2,1-6H3. The summed E-state index contributed by atoms with van der Waals surface area (Å²) in [6.07, 6.45) is 3.95. The van der Waals surface area contributed by atoms with Gasteiger partial charge >= 0.3 is 0 Å². The van der Waals surface area contributed by atoms with Crippen molar-refractivity contribution in [3.8, 4) is 0 Å². The molecule has 0 fully saturated rings. The van der Waals surface area contributed by atoms with Crippen molar-refractivity contribution in [3.05, 3.63) is 29.8 Å². The minimum atomic E-state index is -0.379. The van der Waals surface area contributed by atoms with E-state index in [0.717, 1.165) is 36.9 Å². The highest BCUT2D eigenvalue weighted by atomic mass is 16.1. The molecule has 1 unspecified atom stereocenters. The van der Waals surface area contributed by atoms with E-state index in [1.165, 1.54) is 0 Å². The summed E-state index contributed by atoms with van der Waals surface area (Å²) in [5.41, 5.74) is 1.55. The fourth-order valence-electron chi connectivity index (χ4n) is 2.84. The van der Waals surface area contributed by atoms with Crippen LogP contribution in [0.3, 0.4) is 0 Å². The van der Waals surface area contributed by atoms with Gasteiger partial charge in [-0.05, 0) is 51.2 Å². The van der Waals surface area contributed by atoms with Crippen LogP contribution in [0.2, 0.25) is 0 Å². The first-order valence-corrected chi connectivity index (χ1v) is 7.88. The SMILES string of the molecule is CCCCC(CC)(C(=O)c1ccc(N(C)C)cc1)N(C)C. The van der Waals surface area contributed by atoms with Crippen LogP contribution in [0.1, 0.15) is 49.9 Å². The molecule has 118 valence electrons. The Morgan fingerprint density at radius 3 is 2.00 bits per heavy atom. The molecule has 0 saturated carbocycles. The molecule has 0 bridgehead atoms. The Bertz CT molecular complexity index is 451. The van der Waals surface area contributed by atoms with Gasteiger partial charge in [-0.15, -0.1) is 0 Å². The van der Waals surface area contributed by atoms with Gasteiger partial charge in [0.15, 0.2) is 5.78 Å². The van der Waals surface area contributed by atoms with Gasteiger partial charge < -0.3 is 4.90 Å². The number of Topliss-reactive ketones (excluding diaryl/α,β-unsaturated/α-hetero) is 1. The highest BCUT2D eigenvalue weighted by molar-refractivity contribution is 6.03. The number of likely N-dealkylation sites (N-methyl/N-ethyl adjacent to an activating group) is 1. The minimum Gasteiger partial charge on any atom is -0.378 e. The van der Waals surface area contributed by atoms with Gasteiger partial charge in [-0.2, -0.15) is 0 Å². The predicted molar refractivity (Wildman–Crippen MR) is 91.3 cm³/mol. The first kappa shape index (κ1) is 17.7. The van der Waals surface area contributed by atoms with Gasteiger partial charge in [0.05, 0.1) is 5.54 Å². The number of anilines is 1. The maximum atomic E-state index is 13.1. The predicted octanol–water partition coefficient (Wildman–Crippen LogP) is 3.84. The van der Waals surface area contributed by atoms with Crippen LogP contribution in [0, 0.1) is 0 Å². The number of ketones is 1. The zero-order valence-electron chi connectivity index (χ0n) is 14.4. The summed E-state index contributed by atoms with van der Waals surface area (Å²) in [5, 5.41) is 0. The summed E-state index contributed by atoms with van der Waals surface area (Å²) in [5.74, 6) is 0.244. The number of benzene rings is 1. The molecule has 0 amide bonds. The number of hydrogen-bond acceptors (Lipinski definition) is 3. The fourth-order valence-corrected chi connectivity index (χ4v) is 2.84. The molecule has 1 atom stereocenters. The molecule has 1 rings (SSSR count). The molecule has 1 aromatic rings. The average Bonchev–Trinajstić information content (AvgIpc) is 2.48. The van der Waals surface area contributed by atoms with Gasteiger partial charge in [0.2, 0.25) is 0 Å². The highest BCUT2D eigenvalue weighted by Gasteiger charge is 2.38. The lowest BCUT2D eigenvalue weighted by atomic mass is 9.81. The Balaban J connectivity index is 3.09. The molecule has 0 spiro atoms. The monoisotopic (exact) mass is 290 g/mol. The van der Waals surface area contributed by atoms with E-state index in [4.69, 9.17) is 0 Å². The van der Waals surface area contributed by atoms with Crippen LogP contribution in [-0.2, 0) is 0 Å². The first-order valence-electron chi connectivity index (χ1n) is 7.88. The Morgan fingerprint density at radius 2 is 1.62 bits per heavy atom. The summed E-state index contributed by atoms with van der Waals surface area (Å²) in [4.78, 5) is 17.2. The van der Waals surface area contributed by atoms with E-state index in [9.17, 15) is 4.79 Å². The fraction of sp³-hybridized carbons (Fsp3) is 0.611. The van der Waals surface area contributed by atoms with Crippen LogP contribution in [0.25, 0.3) is 0 Å². The van der Waals surface area contributed by atoms with Crippen molar-refractivity contribution in [1.29, 1.82) is 0 Å². The maximum absolute atomic E-state index is 13.1. The molecule has 0 aliphatic carbocycles. The van der Waals surface area contributed by atoms with Gasteiger partial charge in [-0.25, -0.2) is 0 Å². The van der Waals surface area contributed by atoms with E-state index in [1.54, 1.807) is 0 Å². The van der Waals surface area contributed by atoms with Gasteiger partial charge in [0, 0.05) is 25.3 Å². The van der Waals surface area contributed by atoms with Crippen LogP contribution in [-0.4, -0.2) is 44.4 Å². The molecule has 21 heavy (non-hydrogen) atoms. The zero-order valence-corrected chi connectivity index (χ0v) is 14.4. The van der Waals surface area contributed by atoms with E-state index >= 15 is 0 Å². The normalized spacial score (nSPS) is 14.0. The molecular weight excluding hydrogens is 260 g/mol. The number of nitrogens with zero attached hydrogens (tertiary/aromatic N) is 2. The van der Waals surface area contributed by atoms with Crippen LogP contribution in [0.4, 0.5) is 5.69 Å². The van der Waals surface area contributed by atoms with Gasteiger partial charge in [0.25, 0.3) is 0 Å². The first-order chi connectivity index (χ1) is 9.89. The Labute approximate surface area is 129 Å². The Morgan fingerprint density at radius 1 is 1.05 bits per heavy atom. The molecule has 0 aliphatic heterocycles. The summed E-state index contributed by atoms with van der Waals surface area (Å²) in [7, 11) is 8.05. The third kappa shape index (κ3) is 3.85. The molecule has 1 aromatic carbocycles. The summed E-state index contributed by atoms with van der Waals surface area (Å²) >= 11 is 0. The quantitative estimate of drug-likeness (QED) is 0.680. The lowest BCUT2D eigenvalue weighted by Gasteiger charge is -2.38. The lowest BCUT2D eigenvalue weighted by Crippen LogP contribution is -2.50. The maximum Gasteiger partial charge on any atom is 0.183 e. The van der Waals surface area contributed by atoms with E-state index < -0.39 is 0 Å². The van der Waals surface area contributed by atoms with Gasteiger partial charge in [-0.3, -0.25) is 9.69 Å². The van der Waals surface area contributed by atoms with Crippen LogP contribution in [0.15, 0.2) is 24.3 Å². The number of carbonyl (C=O) groups is 1. The van der Waals surface area contributed by atoms with Crippen molar-refractivity contribution < 1.29 is 4.79 Å². The molecule has 0 aromatic heterocycles. The number of unbranched alkanes of at least 4 members (excludes halogenated alkanes) is 1. The van der Waals surface area contributed by atoms with Crippen LogP contribution in [0.5, 0.6) is 0 Å². The zero-order chi connectivity index (χ0) is 16.0. The van der Waals surface area contributed by atoms with Crippen molar-refractivity contribution in [1.82, 2.24) is 4.90 Å². The average molecular weight is 290 g/mol. The van der Waals surface area contributed by atoms with Gasteiger partial charge in [-0.1, -0.05) is 26.7 Å². The molecule has 0 saturated heterocycles. The highest BCUT2D eigenvalue weighted by Crippen LogP contribution is 2.29. The second kappa shape index (κ2) is 7.60. The number of carbonyl (C=O) groups excluding carboxylic acids is 1. The summed E-state index contributed by atoms with van der Waals surface area (Å²) in [6, 6.07) is 7.95. The lowest BCUT2D eigenvalue weighted by molar-refractivity contribution is 0.0636. The van der Waals surface area contributed by atoms with Crippen molar-refractivity contribution in [2.24, 2.45) is 0 Å². The van der Waals surface area contributed by atoms with E-state index in [0.29, 0.717) is 0 Å². The van der Waals surface area contributed by atoms with E-state index in [1.807, 2.05) is 57.4 Å². The molecule has 0 aliphatic rings. The summed E-state index contributed by atoms with van der Waals surface area (Å²) in [6.45, 7) is 4.29. The molecule has 3 heteroatoms. The number of hydrogen-bond donors (Lipinski definition) is 0. The van der Waals surface area contributed by atoms with Gasteiger partial charge in [0.1, 0.15) is 0 Å². The van der Waals surface area contributed by atoms with Crippen molar-refractivity contribution in [2.75, 3.05) is 33.1 Å². The molecule has 0 N–H and O–H groups in total. The molecule has 3 nitrogen and oxygen atoms in total. The smallest absolute Gasteiger partial charge is 0.183 e. The summed E-state index contributed by atoms with van der Waals surface area (Å²) < 4.78 is 0. The molecule has 0 radical (unpaired) electrons. The molecule has 0 heterocycles. The van der Waals surface area contributed by atoms with Crippen molar-refractivity contribution in [2.45, 2.75) is 45.1 Å². The van der Waals surface area contributed by atoms with E-state index in [-0.39, 0.29) is 11.3 Å². The molecular formula is C18H30N2O. The van der Waals surface area contributed by atoms with Crippen LogP contribution < -0.4 is 4.90 Å². The number of rotatable bonds is 8. The Hall–Kier alpha value is -1.35. The topological polar surface area (TPSA) is 23.6 Å². The van der Waals surface area contributed by atoms with E-state index in [2.05, 4.69) is 18.7 Å². The second-order valence-corrected chi connectivity index (χ2v) is 6.15. The third-order valence-corrected chi connectivity index (χ3v) is 4.45. The minimum absolute atomic E-state index is 0.244. The van der Waals surface area contributed by atoms with Crippen LogP contribution >= 0.6 is 0 Å². The second-order valence-electron chi connectivity index (χ2n) is 6.15. The largest absolute Gasteiger partial charge is 0.378 e.